The van der Waals surface area contributed by atoms with Gasteiger partial charge >= 0.3 is 30.3 Å². The van der Waals surface area contributed by atoms with Gasteiger partial charge in [-0.2, -0.15) is 31.8 Å². The Balaban J connectivity index is -0.000000855. The fraction of sp³-hybridized carbons (Fsp3) is 0.778. The Labute approximate surface area is 408 Å². The van der Waals surface area contributed by atoms with Gasteiger partial charge in [-0.05, 0) is 70.0 Å². The molecule has 0 aromatic carbocycles. The predicted octanol–water partition coefficient (Wildman–Crippen LogP) is 3.01. The molecule has 0 bridgehead atoms. The van der Waals surface area contributed by atoms with Crippen LogP contribution in [-0.2, 0) is 57.5 Å². The number of Topliss-reactive ketones (excluding diaryl/α,β-unsaturated/α-hetero) is 1. The molecule has 3 aliphatic heterocycles. The molecule has 0 aromatic heterocycles. The third kappa shape index (κ3) is 15.8. The minimum Gasteiger partial charge on any atom is -0.479 e. The molecule has 68 heavy (non-hydrogen) atoms. The maximum Gasteiger partial charge on any atom is 0.418 e. The molecule has 0 spiro atoms. The highest BCUT2D eigenvalue weighted by Gasteiger charge is 2.68. The van der Waals surface area contributed by atoms with Crippen LogP contribution >= 0.6 is 24.4 Å². The molecule has 3 rings (SSSR count). The lowest BCUT2D eigenvalue weighted by molar-refractivity contribution is -0.193. The Morgan fingerprint density at radius 3 is 1.38 bits per heavy atom. The van der Waals surface area contributed by atoms with Gasteiger partial charge in [0.05, 0.1) is 36.1 Å². The number of carboxylic acid groups (broad SMARTS) is 2. The maximum atomic E-state index is 12.7. The van der Waals surface area contributed by atoms with Gasteiger partial charge in [0.15, 0.2) is 16.9 Å². The average molecular weight is 1010 g/mol. The molecule has 0 saturated carbocycles. The van der Waals surface area contributed by atoms with Crippen LogP contribution in [0, 0.1) is 47.3 Å². The average Bonchev–Trinajstić information content (AvgIpc) is 3.72. The topological polar surface area (TPSA) is 343 Å². The molecule has 0 aliphatic carbocycles. The Kier molecular flexibility index (Phi) is 29.4. The highest BCUT2D eigenvalue weighted by Crippen LogP contribution is 2.42. The molecule has 3 fully saturated rings. The first-order valence-corrected chi connectivity index (χ1v) is 23.7. The summed E-state index contributed by atoms with van der Waals surface area (Å²) in [5, 5.41) is 54.4. The van der Waals surface area contributed by atoms with Crippen molar-refractivity contribution in [2.75, 3.05) is 11.5 Å². The highest BCUT2D eigenvalue weighted by molar-refractivity contribution is 8.13. The van der Waals surface area contributed by atoms with Crippen LogP contribution < -0.4 is 10.6 Å². The van der Waals surface area contributed by atoms with E-state index in [9.17, 15) is 63.9 Å². The van der Waals surface area contributed by atoms with Crippen LogP contribution in [0.5, 0.6) is 0 Å². The van der Waals surface area contributed by atoms with Crippen LogP contribution in [0.25, 0.3) is 0 Å². The molecule has 11 atom stereocenters. The number of likely N-dealkylation sites (tertiary alicyclic amines) is 1. The van der Waals surface area contributed by atoms with Crippen LogP contribution in [-0.4, -0.2) is 141 Å². The van der Waals surface area contributed by atoms with Crippen LogP contribution in [0.1, 0.15) is 124 Å². The van der Waals surface area contributed by atoms with Gasteiger partial charge in [-0.3, -0.25) is 24.0 Å². The summed E-state index contributed by atoms with van der Waals surface area (Å²) in [6.07, 6.45) is -2.10. The molecule has 7 N–H and O–H groups in total. The summed E-state index contributed by atoms with van der Waals surface area (Å²) in [5.41, 5.74) is -6.28. The third-order valence-electron chi connectivity index (χ3n) is 11.8. The van der Waals surface area contributed by atoms with E-state index in [2.05, 4.69) is 30.2 Å². The Morgan fingerprint density at radius 2 is 1.12 bits per heavy atom. The number of ether oxygens (including phenoxy) is 1. The third-order valence-corrected chi connectivity index (χ3v) is 13.5. The smallest absolute Gasteiger partial charge is 0.418 e. The molecule has 3 saturated heterocycles. The first-order chi connectivity index (χ1) is 31.1. The quantitative estimate of drug-likeness (QED) is 0.103. The molecule has 3 heterocycles. The zero-order valence-electron chi connectivity index (χ0n) is 42.0. The molecular formula is C45H75N3O18S2. The van der Waals surface area contributed by atoms with Crippen LogP contribution in [0.15, 0.2) is 0 Å². The standard InChI is InChI=1S/C16H25NO6.C13H23NO4S.C11H19NO4.C3H8S.2CO2/c1-8(2)10(4)16(13(20)21)11(18)9(3)12(19)17(16)14(22)23-15(5,6)7;1-5-6-19-12(18)13(9(15)7(2)3)10(16)8(4)11(17)14-13;1-5(2)7(4)11(10(15)16)8(13)6(3)9(14)12-11;1-2-3-4;2*2-1-3/h8-10H,1-7H3,(H,20,21);7-10,15-16H,5-6H2,1-4H3,(H,14,17);5-8,13H,1-4H3,(H,12,14)(H,15,16);4H,2-3H2,1H3;;/t9-,10+,16-;8-,9+,10+,13-;6-,7+,8+,11-;;;/m111.../s1. The van der Waals surface area contributed by atoms with Gasteiger partial charge in [0.25, 0.3) is 0 Å². The van der Waals surface area contributed by atoms with Crippen molar-refractivity contribution in [1.29, 1.82) is 0 Å². The van der Waals surface area contributed by atoms with E-state index in [1.54, 1.807) is 69.2 Å². The number of imide groups is 1. The number of hydrogen-bond donors (Lipinski definition) is 8. The zero-order chi connectivity index (χ0) is 54.6. The highest BCUT2D eigenvalue weighted by atomic mass is 32.2. The summed E-state index contributed by atoms with van der Waals surface area (Å²) < 4.78 is 5.17. The number of nitrogens with one attached hydrogen (secondary N) is 2. The van der Waals surface area contributed by atoms with E-state index in [4.69, 9.17) is 23.9 Å². The molecule has 0 unspecified atom stereocenters. The van der Waals surface area contributed by atoms with E-state index in [1.165, 1.54) is 20.3 Å². The Hall–Kier alpha value is -4.50. The van der Waals surface area contributed by atoms with E-state index in [1.807, 2.05) is 20.8 Å². The number of aliphatic hydroxyl groups excluding tert-OH is 3. The lowest BCUT2D eigenvalue weighted by Crippen LogP contribution is -2.64. The van der Waals surface area contributed by atoms with Crippen molar-refractivity contribution >= 4 is 83.3 Å². The number of hydrogen-bond acceptors (Lipinski definition) is 18. The number of amides is 4. The number of rotatable bonds is 12. The molecule has 390 valence electrons. The van der Waals surface area contributed by atoms with Gasteiger partial charge in [0.1, 0.15) is 5.60 Å². The number of carboxylic acids is 2. The number of aliphatic carboxylic acids is 2. The number of carbonyl (C=O) groups excluding carboxylic acids is 10. The molecule has 21 nitrogen and oxygen atoms in total. The van der Waals surface area contributed by atoms with E-state index in [0.29, 0.717) is 10.7 Å². The van der Waals surface area contributed by atoms with Crippen molar-refractivity contribution in [3.8, 4) is 0 Å². The summed E-state index contributed by atoms with van der Waals surface area (Å²) in [4.78, 5) is 130. The minimum absolute atomic E-state index is 0.0522. The second kappa shape index (κ2) is 29.5. The molecular weight excluding hydrogens is 935 g/mol. The maximum absolute atomic E-state index is 12.7. The van der Waals surface area contributed by atoms with Gasteiger partial charge < -0.3 is 40.9 Å². The van der Waals surface area contributed by atoms with Gasteiger partial charge in [0.2, 0.25) is 28.4 Å². The molecule has 23 heteroatoms. The first kappa shape index (κ1) is 67.8. The van der Waals surface area contributed by atoms with Crippen molar-refractivity contribution < 1.29 is 87.8 Å². The molecule has 0 aromatic rings. The van der Waals surface area contributed by atoms with Gasteiger partial charge in [0, 0.05) is 11.7 Å². The lowest BCUT2D eigenvalue weighted by atomic mass is 9.74. The summed E-state index contributed by atoms with van der Waals surface area (Å²) in [6.45, 7) is 27.3. The number of thiol groups is 1. The van der Waals surface area contributed by atoms with E-state index in [0.717, 1.165) is 23.9 Å². The van der Waals surface area contributed by atoms with E-state index < -0.39 is 106 Å². The second-order valence-corrected chi connectivity index (χ2v) is 20.1. The van der Waals surface area contributed by atoms with E-state index in [-0.39, 0.29) is 41.1 Å². The number of nitrogens with zero attached hydrogens (tertiary/aromatic N) is 1. The van der Waals surface area contributed by atoms with Crippen molar-refractivity contribution in [3.63, 3.8) is 0 Å². The Bertz CT molecular complexity index is 1800. The van der Waals surface area contributed by atoms with Gasteiger partial charge in [-0.25, -0.2) is 19.3 Å². The van der Waals surface area contributed by atoms with Crippen molar-refractivity contribution in [1.82, 2.24) is 15.5 Å². The largest absolute Gasteiger partial charge is 0.479 e. The zero-order valence-corrected chi connectivity index (χ0v) is 43.7. The number of thioether (sulfide) groups is 1. The second-order valence-electron chi connectivity index (χ2n) is 18.6. The van der Waals surface area contributed by atoms with Crippen LogP contribution in [0.2, 0.25) is 0 Å². The van der Waals surface area contributed by atoms with Crippen molar-refractivity contribution in [2.45, 2.75) is 164 Å². The SMILES string of the molecule is CC(C)[C@H](C)[C@@]1(C(=O)O)NC(=O)[C@H](C)[C@@H]1O.CC(C)[C@H](C)[C@]1(C(=O)O)C(=O)[C@@H](C)C(=O)N1C(=O)OC(C)(C)C.CCCS.CCCSC(=O)[C@]1([C@@H](O)C(C)C)NC(=O)[C@H](C)[C@@H]1O.O=C=O.O=C=O. The summed E-state index contributed by atoms with van der Waals surface area (Å²) in [5.74, 6) is -7.56. The number of aliphatic hydroxyl groups is 3. The fourth-order valence-corrected chi connectivity index (χ4v) is 8.21. The molecule has 0 radical (unpaired) electrons. The summed E-state index contributed by atoms with van der Waals surface area (Å²) in [6, 6.07) is 0. The molecule has 3 aliphatic rings. The fourth-order valence-electron chi connectivity index (χ4n) is 7.29. The Morgan fingerprint density at radius 1 is 0.735 bits per heavy atom. The van der Waals surface area contributed by atoms with Crippen molar-refractivity contribution in [3.05, 3.63) is 0 Å². The lowest BCUT2D eigenvalue weighted by Gasteiger charge is -2.38. The number of carbonyl (C=O) groups is 8. The summed E-state index contributed by atoms with van der Waals surface area (Å²) in [7, 11) is 0. The number of ketones is 1. The predicted molar refractivity (Wildman–Crippen MR) is 248 cm³/mol. The summed E-state index contributed by atoms with van der Waals surface area (Å²) >= 11 is 4.97. The normalized spacial score (nSPS) is 27.3. The van der Waals surface area contributed by atoms with Gasteiger partial charge in [-0.15, -0.1) is 0 Å². The van der Waals surface area contributed by atoms with Crippen LogP contribution in [0.4, 0.5) is 4.79 Å². The van der Waals surface area contributed by atoms with E-state index >= 15 is 0 Å². The molecule has 4 amide bonds. The minimum atomic E-state index is -2.23. The van der Waals surface area contributed by atoms with Crippen LogP contribution in [0.3, 0.4) is 0 Å². The monoisotopic (exact) mass is 1010 g/mol. The first-order valence-electron chi connectivity index (χ1n) is 22.1. The van der Waals surface area contributed by atoms with Gasteiger partial charge in [-0.1, -0.05) is 94.8 Å². The van der Waals surface area contributed by atoms with Crippen molar-refractivity contribution in [2.24, 2.45) is 47.3 Å².